The number of alkyl halides is 3. The van der Waals surface area contributed by atoms with Gasteiger partial charge in [0.25, 0.3) is 0 Å². The zero-order chi connectivity index (χ0) is 32.8. The smallest absolute Gasteiger partial charge is 0.475 e. The number of carboxylic acid groups (broad SMARTS) is 1. The van der Waals surface area contributed by atoms with Crippen LogP contribution in [-0.2, 0) is 37.3 Å². The van der Waals surface area contributed by atoms with Gasteiger partial charge in [0.15, 0.2) is 0 Å². The number of aromatic nitrogens is 2. The van der Waals surface area contributed by atoms with Gasteiger partial charge in [-0.2, -0.15) is 17.5 Å². The molecule has 45 heavy (non-hydrogen) atoms. The summed E-state index contributed by atoms with van der Waals surface area (Å²) in [6.45, 7) is 7.65. The first kappa shape index (κ1) is 34.1. The van der Waals surface area contributed by atoms with Crippen molar-refractivity contribution >= 4 is 38.6 Å². The van der Waals surface area contributed by atoms with Gasteiger partial charge in [-0.15, -0.1) is 0 Å². The van der Waals surface area contributed by atoms with E-state index in [0.717, 1.165) is 49.5 Å². The number of aryl methyl sites for hydroxylation is 1. The molecule has 1 atom stereocenters. The fourth-order valence-corrected chi connectivity index (χ4v) is 6.12. The van der Waals surface area contributed by atoms with Gasteiger partial charge in [0.2, 0.25) is 15.9 Å². The Labute approximate surface area is 258 Å². The van der Waals surface area contributed by atoms with Crippen molar-refractivity contribution in [3.63, 3.8) is 0 Å². The molecule has 13 nitrogen and oxygen atoms in total. The highest BCUT2D eigenvalue weighted by atomic mass is 32.2. The van der Waals surface area contributed by atoms with Crippen molar-refractivity contribution in [2.75, 3.05) is 58.3 Å². The van der Waals surface area contributed by atoms with Crippen LogP contribution < -0.4 is 5.32 Å². The highest BCUT2D eigenvalue weighted by Crippen LogP contribution is 2.24. The van der Waals surface area contributed by atoms with E-state index in [9.17, 15) is 26.4 Å². The Morgan fingerprint density at radius 2 is 1.89 bits per heavy atom. The third kappa shape index (κ3) is 8.90. The average Bonchev–Trinajstić information content (AvgIpc) is 3.60. The van der Waals surface area contributed by atoms with E-state index in [-0.39, 0.29) is 23.4 Å². The Morgan fingerprint density at radius 1 is 1.18 bits per heavy atom. The maximum absolute atomic E-state index is 13.2. The molecule has 0 bridgehead atoms. The number of ether oxygens (including phenoxy) is 1. The molecule has 1 amide bonds. The van der Waals surface area contributed by atoms with Crippen LogP contribution in [-0.4, -0.2) is 115 Å². The molecule has 2 aliphatic rings. The maximum atomic E-state index is 13.2. The summed E-state index contributed by atoms with van der Waals surface area (Å²) < 4.78 is 69.9. The van der Waals surface area contributed by atoms with Gasteiger partial charge in [0.05, 0.1) is 35.4 Å². The summed E-state index contributed by atoms with van der Waals surface area (Å²) >= 11 is 0. The number of morpholine rings is 1. The average molecular weight is 657 g/mol. The second kappa shape index (κ2) is 14.5. The van der Waals surface area contributed by atoms with Crippen LogP contribution in [0.15, 0.2) is 46.0 Å². The number of nitrogens with one attached hydrogen (secondary N) is 1. The normalized spacial score (nSPS) is 17.9. The van der Waals surface area contributed by atoms with Crippen LogP contribution >= 0.6 is 0 Å². The second-order valence-electron chi connectivity index (χ2n) is 10.6. The number of pyridine rings is 1. The number of nitrogens with zero attached hydrogens (tertiary/aromatic N) is 5. The highest BCUT2D eigenvalue weighted by Gasteiger charge is 2.38. The number of carbonyl (C=O) groups excluding carboxylic acids is 1. The molecule has 2 N–H and O–H groups in total. The molecular formula is C28H35F3N6O7S. The minimum atomic E-state index is -5.08. The largest absolute Gasteiger partial charge is 0.490 e. The van der Waals surface area contributed by atoms with Gasteiger partial charge < -0.3 is 24.6 Å². The van der Waals surface area contributed by atoms with Gasteiger partial charge in [0.1, 0.15) is 12.1 Å². The third-order valence-corrected chi connectivity index (χ3v) is 9.22. The lowest BCUT2D eigenvalue weighted by Crippen LogP contribution is -2.42. The van der Waals surface area contributed by atoms with Crippen molar-refractivity contribution in [1.82, 2.24) is 24.2 Å². The monoisotopic (exact) mass is 656 g/mol. The number of aliphatic carboxylic acids is 1. The molecule has 0 aliphatic carbocycles. The molecule has 1 unspecified atom stereocenters. The van der Waals surface area contributed by atoms with Crippen molar-refractivity contribution in [1.29, 1.82) is 0 Å². The molecule has 0 spiro atoms. The number of benzene rings is 1. The van der Waals surface area contributed by atoms with Crippen molar-refractivity contribution < 1.29 is 45.5 Å². The minimum Gasteiger partial charge on any atom is -0.475 e. The quantitative estimate of drug-likeness (QED) is 0.331. The van der Waals surface area contributed by atoms with Crippen LogP contribution in [0.4, 0.5) is 19.0 Å². The summed E-state index contributed by atoms with van der Waals surface area (Å²) in [6, 6.07) is 8.59. The Hall–Kier alpha value is -3.80. The Morgan fingerprint density at radius 3 is 2.56 bits per heavy atom. The van der Waals surface area contributed by atoms with Crippen LogP contribution in [0.5, 0.6) is 0 Å². The first-order valence-corrected chi connectivity index (χ1v) is 15.7. The third-order valence-electron chi connectivity index (χ3n) is 7.42. The molecule has 2 aliphatic heterocycles. The maximum Gasteiger partial charge on any atom is 0.490 e. The number of hydrogen-bond acceptors (Lipinski definition) is 10. The van der Waals surface area contributed by atoms with Gasteiger partial charge >= 0.3 is 12.1 Å². The SMILES string of the molecule is CCc1nocc1CN(C)S(=O)(=O)c1ccc2nc(NC3CC(=O)N(CCN4CCOCC4)C3)ccc2c1.O=C(O)C(F)(F)F. The number of carbonyl (C=O) groups is 2. The van der Waals surface area contributed by atoms with E-state index in [1.807, 2.05) is 24.0 Å². The van der Waals surface area contributed by atoms with Crippen LogP contribution in [0.2, 0.25) is 0 Å². The van der Waals surface area contributed by atoms with Crippen LogP contribution in [0.3, 0.4) is 0 Å². The Bertz CT molecular complexity index is 1590. The van der Waals surface area contributed by atoms with Crippen molar-refractivity contribution in [3.05, 3.63) is 47.9 Å². The van der Waals surface area contributed by atoms with Gasteiger partial charge in [0, 0.05) is 63.7 Å². The standard InChI is InChI=1S/C26H34N6O5S.C2HF3O2/c1-3-23-20(18-37-29-23)16-30(2)38(34,35)22-5-6-24-19(14-22)4-7-25(28-24)27-21-15-26(33)32(17-21)9-8-31-10-12-36-13-11-31;3-2(4,5)1(6)7/h4-7,14,18,21H,3,8-13,15-17H2,1-2H3,(H,27,28);(H,6,7). The summed E-state index contributed by atoms with van der Waals surface area (Å²) in [5.41, 5.74) is 2.18. The molecule has 5 rings (SSSR count). The lowest BCUT2D eigenvalue weighted by molar-refractivity contribution is -0.192. The number of sulfonamides is 1. The number of amides is 1. The van der Waals surface area contributed by atoms with E-state index in [0.29, 0.717) is 37.3 Å². The zero-order valence-corrected chi connectivity index (χ0v) is 25.6. The number of carboxylic acids is 1. The predicted molar refractivity (Wildman–Crippen MR) is 156 cm³/mol. The topological polar surface area (TPSA) is 158 Å². The first-order chi connectivity index (χ1) is 21.3. The number of hydrogen-bond donors (Lipinski definition) is 2. The second-order valence-corrected chi connectivity index (χ2v) is 12.6. The molecule has 246 valence electrons. The summed E-state index contributed by atoms with van der Waals surface area (Å²) in [5, 5.41) is 15.2. The Kier molecular flexibility index (Phi) is 11.0. The molecule has 2 saturated heterocycles. The zero-order valence-electron chi connectivity index (χ0n) is 24.8. The molecule has 2 aromatic heterocycles. The number of halogens is 3. The lowest BCUT2D eigenvalue weighted by Gasteiger charge is -2.28. The molecule has 17 heteroatoms. The molecule has 4 heterocycles. The lowest BCUT2D eigenvalue weighted by atomic mass is 10.2. The van der Waals surface area contributed by atoms with Crippen molar-refractivity contribution in [3.8, 4) is 0 Å². The van der Waals surface area contributed by atoms with Crippen LogP contribution in [0.25, 0.3) is 10.9 Å². The van der Waals surface area contributed by atoms with E-state index in [1.54, 1.807) is 25.2 Å². The van der Waals surface area contributed by atoms with E-state index in [4.69, 9.17) is 19.2 Å². The van der Waals surface area contributed by atoms with Crippen molar-refractivity contribution in [2.24, 2.45) is 0 Å². The highest BCUT2D eigenvalue weighted by molar-refractivity contribution is 7.89. The first-order valence-electron chi connectivity index (χ1n) is 14.2. The Balaban J connectivity index is 0.000000591. The minimum absolute atomic E-state index is 0.0177. The van der Waals surface area contributed by atoms with Crippen molar-refractivity contribution in [2.45, 2.75) is 43.4 Å². The van der Waals surface area contributed by atoms with Gasteiger partial charge in [-0.1, -0.05) is 12.1 Å². The predicted octanol–water partition coefficient (Wildman–Crippen LogP) is 2.58. The van der Waals surface area contributed by atoms with Gasteiger partial charge in [-0.3, -0.25) is 9.69 Å². The van der Waals surface area contributed by atoms with Gasteiger partial charge in [-0.25, -0.2) is 18.2 Å². The summed E-state index contributed by atoms with van der Waals surface area (Å²) in [7, 11) is -2.17. The molecule has 3 aromatic rings. The van der Waals surface area contributed by atoms with Gasteiger partial charge in [-0.05, 0) is 36.8 Å². The van der Waals surface area contributed by atoms with E-state index in [1.165, 1.54) is 10.6 Å². The molecule has 0 radical (unpaired) electrons. The number of anilines is 1. The molecule has 2 fully saturated rings. The van der Waals surface area contributed by atoms with Crippen LogP contribution in [0, 0.1) is 0 Å². The molecule has 1 aromatic carbocycles. The summed E-state index contributed by atoms with van der Waals surface area (Å²) in [4.78, 5) is 30.5. The number of likely N-dealkylation sites (tertiary alicyclic amines) is 1. The fraction of sp³-hybridized carbons (Fsp3) is 0.500. The fourth-order valence-electron chi connectivity index (χ4n) is 4.93. The van der Waals surface area contributed by atoms with E-state index in [2.05, 4.69) is 20.4 Å². The van der Waals surface area contributed by atoms with Crippen LogP contribution in [0.1, 0.15) is 24.6 Å². The summed E-state index contributed by atoms with van der Waals surface area (Å²) in [6.07, 6.45) is -2.50. The molecular weight excluding hydrogens is 621 g/mol. The molecule has 0 saturated carbocycles. The van der Waals surface area contributed by atoms with E-state index >= 15 is 0 Å². The number of rotatable bonds is 10. The van der Waals surface area contributed by atoms with E-state index < -0.39 is 22.2 Å². The number of fused-ring (bicyclic) bond motifs is 1. The summed E-state index contributed by atoms with van der Waals surface area (Å²) in [5.74, 6) is -1.95.